The van der Waals surface area contributed by atoms with Gasteiger partial charge in [-0.1, -0.05) is 55.6 Å². The number of allylic oxidation sites excluding steroid dienone is 4. The number of aromatic nitrogens is 2. The summed E-state index contributed by atoms with van der Waals surface area (Å²) in [5.41, 5.74) is 7.08. The monoisotopic (exact) mass is 542 g/mol. The molecule has 0 saturated heterocycles. The van der Waals surface area contributed by atoms with Crippen LogP contribution in [0.5, 0.6) is 5.75 Å². The molecular formula is C32H35ClN4O2. The second-order valence-corrected chi connectivity index (χ2v) is 9.83. The maximum atomic E-state index is 12.9. The molecule has 0 aliphatic carbocycles. The molecular weight excluding hydrogens is 508 g/mol. The first kappa shape index (κ1) is 29.4. The minimum absolute atomic E-state index is 0.175. The molecule has 1 amide bonds. The summed E-state index contributed by atoms with van der Waals surface area (Å²) in [5.74, 6) is 0.392. The van der Waals surface area contributed by atoms with Gasteiger partial charge < -0.3 is 15.0 Å². The Hall–Kier alpha value is -4.16. The summed E-state index contributed by atoms with van der Waals surface area (Å²) in [6.45, 7) is 17.5. The first-order chi connectivity index (χ1) is 18.6. The third-order valence-electron chi connectivity index (χ3n) is 6.22. The van der Waals surface area contributed by atoms with Crippen LogP contribution >= 0.6 is 11.6 Å². The number of benzene rings is 1. The second-order valence-electron chi connectivity index (χ2n) is 9.42. The van der Waals surface area contributed by atoms with Gasteiger partial charge in [-0.3, -0.25) is 9.78 Å². The van der Waals surface area contributed by atoms with Crippen molar-refractivity contribution in [2.24, 2.45) is 0 Å². The van der Waals surface area contributed by atoms with Gasteiger partial charge in [-0.15, -0.1) is 0 Å². The van der Waals surface area contributed by atoms with Gasteiger partial charge in [0.2, 0.25) is 0 Å². The van der Waals surface area contributed by atoms with Crippen molar-refractivity contribution < 1.29 is 9.53 Å². The fourth-order valence-electron chi connectivity index (χ4n) is 4.31. The molecule has 0 aliphatic heterocycles. The fourth-order valence-corrected chi connectivity index (χ4v) is 4.54. The second kappa shape index (κ2) is 13.1. The van der Waals surface area contributed by atoms with E-state index in [-0.39, 0.29) is 19.1 Å². The van der Waals surface area contributed by atoms with Gasteiger partial charge in [0.25, 0.3) is 5.91 Å². The fraction of sp³-hybridized carbons (Fsp3) is 0.219. The molecule has 0 unspecified atom stereocenters. The zero-order valence-corrected chi connectivity index (χ0v) is 24.0. The van der Waals surface area contributed by atoms with Crippen molar-refractivity contribution in [3.63, 3.8) is 0 Å². The number of fused-ring (bicyclic) bond motifs is 1. The van der Waals surface area contributed by atoms with Crippen LogP contribution in [0.25, 0.3) is 16.6 Å². The lowest BCUT2D eigenvalue weighted by atomic mass is 10.0. The minimum atomic E-state index is -0.239. The quantitative estimate of drug-likeness (QED) is 0.210. The first-order valence-corrected chi connectivity index (χ1v) is 12.9. The van der Waals surface area contributed by atoms with Crippen LogP contribution in [0.4, 0.5) is 0 Å². The molecule has 2 heterocycles. The van der Waals surface area contributed by atoms with E-state index in [0.29, 0.717) is 21.9 Å². The van der Waals surface area contributed by atoms with Crippen molar-refractivity contribution in [3.05, 3.63) is 119 Å². The van der Waals surface area contributed by atoms with Crippen LogP contribution in [0.2, 0.25) is 5.02 Å². The molecule has 0 spiro atoms. The van der Waals surface area contributed by atoms with Gasteiger partial charge in [-0.2, -0.15) is 0 Å². The van der Waals surface area contributed by atoms with E-state index in [1.807, 2.05) is 57.1 Å². The highest BCUT2D eigenvalue weighted by atomic mass is 35.5. The predicted molar refractivity (Wildman–Crippen MR) is 161 cm³/mol. The van der Waals surface area contributed by atoms with Crippen LogP contribution < -0.4 is 10.1 Å². The molecule has 7 heteroatoms. The van der Waals surface area contributed by atoms with Gasteiger partial charge >= 0.3 is 0 Å². The third kappa shape index (κ3) is 6.84. The summed E-state index contributed by atoms with van der Waals surface area (Å²) >= 11 is 6.55. The molecule has 3 aromatic rings. The number of rotatable bonds is 11. The normalized spacial score (nSPS) is 12.0. The third-order valence-corrected chi connectivity index (χ3v) is 6.55. The Labute approximate surface area is 236 Å². The van der Waals surface area contributed by atoms with Crippen LogP contribution in [-0.4, -0.2) is 34.9 Å². The van der Waals surface area contributed by atoms with Gasteiger partial charge in [0, 0.05) is 66.5 Å². The van der Waals surface area contributed by atoms with Crippen molar-refractivity contribution in [3.8, 4) is 5.75 Å². The zero-order chi connectivity index (χ0) is 28.7. The maximum absolute atomic E-state index is 12.9. The largest absolute Gasteiger partial charge is 0.487 e. The Bertz CT molecular complexity index is 1500. The van der Waals surface area contributed by atoms with E-state index in [1.165, 1.54) is 0 Å². The van der Waals surface area contributed by atoms with Gasteiger partial charge in [0.15, 0.2) is 0 Å². The molecule has 0 aliphatic rings. The van der Waals surface area contributed by atoms with Crippen LogP contribution in [0.3, 0.4) is 0 Å². The number of hydrogen-bond donors (Lipinski definition) is 1. The lowest BCUT2D eigenvalue weighted by molar-refractivity contribution is -0.117. The van der Waals surface area contributed by atoms with Crippen LogP contribution in [0.1, 0.15) is 36.2 Å². The summed E-state index contributed by atoms with van der Waals surface area (Å²) in [6, 6.07) is 7.93. The SMILES string of the molecule is C=C/C=C(/c1cc(C)nc2c(OCc3c(Cl)cncc3CNC(=O)/C(C(=C)C)=C(\C)C=C)cccc12)N(C)C. The van der Waals surface area contributed by atoms with Crippen LogP contribution in [0, 0.1) is 6.92 Å². The molecule has 0 atom stereocenters. The summed E-state index contributed by atoms with van der Waals surface area (Å²) in [4.78, 5) is 24.0. The van der Waals surface area contributed by atoms with Gasteiger partial charge in [0.05, 0.1) is 5.02 Å². The molecule has 1 N–H and O–H groups in total. The zero-order valence-electron chi connectivity index (χ0n) is 23.3. The number of amides is 1. The number of hydrogen-bond acceptors (Lipinski definition) is 5. The summed E-state index contributed by atoms with van der Waals surface area (Å²) < 4.78 is 6.31. The lowest BCUT2D eigenvalue weighted by Gasteiger charge is -2.20. The average Bonchev–Trinajstić information content (AvgIpc) is 2.89. The Morgan fingerprint density at radius 1 is 1.21 bits per heavy atom. The number of halogens is 1. The predicted octanol–water partition coefficient (Wildman–Crippen LogP) is 6.95. The smallest absolute Gasteiger partial charge is 0.252 e. The summed E-state index contributed by atoms with van der Waals surface area (Å²) in [7, 11) is 3.99. The molecule has 6 nitrogen and oxygen atoms in total. The highest BCUT2D eigenvalue weighted by molar-refractivity contribution is 6.31. The molecule has 39 heavy (non-hydrogen) atoms. The number of pyridine rings is 2. The molecule has 3 rings (SSSR count). The first-order valence-electron chi connectivity index (χ1n) is 12.5. The van der Waals surface area contributed by atoms with E-state index in [2.05, 4.69) is 36.1 Å². The Morgan fingerprint density at radius 2 is 1.95 bits per heavy atom. The number of ether oxygens (including phenoxy) is 1. The number of para-hydroxylation sites is 1. The molecule has 0 bridgehead atoms. The average molecular weight is 543 g/mol. The number of carbonyl (C=O) groups is 1. The van der Waals surface area contributed by atoms with E-state index in [4.69, 9.17) is 21.3 Å². The molecule has 2 aromatic heterocycles. The van der Waals surface area contributed by atoms with E-state index in [9.17, 15) is 4.79 Å². The van der Waals surface area contributed by atoms with Crippen LogP contribution in [0.15, 0.2) is 91.3 Å². The van der Waals surface area contributed by atoms with E-state index >= 15 is 0 Å². The van der Waals surface area contributed by atoms with E-state index < -0.39 is 0 Å². The number of aryl methyl sites for hydroxylation is 1. The van der Waals surface area contributed by atoms with E-state index in [1.54, 1.807) is 31.5 Å². The molecule has 0 radical (unpaired) electrons. The van der Waals surface area contributed by atoms with Gasteiger partial charge in [0.1, 0.15) is 17.9 Å². The molecule has 202 valence electrons. The van der Waals surface area contributed by atoms with Crippen molar-refractivity contribution >= 4 is 34.1 Å². The van der Waals surface area contributed by atoms with E-state index in [0.717, 1.165) is 44.6 Å². The van der Waals surface area contributed by atoms with Gasteiger partial charge in [-0.25, -0.2) is 4.98 Å². The van der Waals surface area contributed by atoms with Gasteiger partial charge in [-0.05, 0) is 55.7 Å². The topological polar surface area (TPSA) is 67.4 Å². The minimum Gasteiger partial charge on any atom is -0.487 e. The Kier molecular flexibility index (Phi) is 9.85. The Morgan fingerprint density at radius 3 is 2.59 bits per heavy atom. The summed E-state index contributed by atoms with van der Waals surface area (Å²) in [6.07, 6.45) is 8.65. The standard InChI is InChI=1S/C32H35ClN4O2/c1-9-12-28(37(7)8)25-15-22(6)36-31-24(25)13-11-14-29(31)39-19-26-23(16-34-18-27(26)33)17-35-32(38)30(20(3)4)21(5)10-2/h9-16,18H,1-3,17,19H2,4-8H3,(H,35,38)/b28-12-,30-21+. The highest BCUT2D eigenvalue weighted by Gasteiger charge is 2.17. The van der Waals surface area contributed by atoms with Crippen molar-refractivity contribution in [1.29, 1.82) is 0 Å². The lowest BCUT2D eigenvalue weighted by Crippen LogP contribution is -2.26. The molecule has 0 saturated carbocycles. The Balaban J connectivity index is 1.94. The van der Waals surface area contributed by atoms with Crippen molar-refractivity contribution in [2.75, 3.05) is 14.1 Å². The number of nitrogens with zero attached hydrogens (tertiary/aromatic N) is 3. The highest BCUT2D eigenvalue weighted by Crippen LogP contribution is 2.32. The number of nitrogens with one attached hydrogen (secondary N) is 1. The summed E-state index contributed by atoms with van der Waals surface area (Å²) in [5, 5.41) is 4.37. The maximum Gasteiger partial charge on any atom is 0.252 e. The number of carbonyl (C=O) groups excluding carboxylic acids is 1. The van der Waals surface area contributed by atoms with Crippen LogP contribution in [-0.2, 0) is 17.9 Å². The van der Waals surface area contributed by atoms with Crippen molar-refractivity contribution in [1.82, 2.24) is 20.2 Å². The molecule has 0 fully saturated rings. The van der Waals surface area contributed by atoms with Crippen molar-refractivity contribution in [2.45, 2.75) is 33.9 Å². The molecule has 1 aromatic carbocycles.